The molecule has 1 atom stereocenters. The summed E-state index contributed by atoms with van der Waals surface area (Å²) in [5.74, 6) is -0.224. The Balaban J connectivity index is 1.92. The quantitative estimate of drug-likeness (QED) is 0.754. The van der Waals surface area contributed by atoms with Crippen LogP contribution in [0.15, 0.2) is 18.2 Å². The number of benzene rings is 1. The molecule has 1 aromatic rings. The molecule has 0 bridgehead atoms. The number of amides is 3. The summed E-state index contributed by atoms with van der Waals surface area (Å²) in [5, 5.41) is 8.47. The Bertz CT molecular complexity index is 589. The number of urea groups is 1. The van der Waals surface area contributed by atoms with E-state index in [0.29, 0.717) is 42.6 Å². The zero-order valence-corrected chi connectivity index (χ0v) is 14.5. The van der Waals surface area contributed by atoms with Gasteiger partial charge in [0.1, 0.15) is 0 Å². The van der Waals surface area contributed by atoms with Crippen molar-refractivity contribution in [3.05, 3.63) is 28.8 Å². The lowest BCUT2D eigenvalue weighted by molar-refractivity contribution is -0.0852. The van der Waals surface area contributed by atoms with Gasteiger partial charge in [-0.1, -0.05) is 11.6 Å². The minimum Gasteiger partial charge on any atom is -0.376 e. The predicted octanol–water partition coefficient (Wildman–Crippen LogP) is 2.02. The molecule has 3 N–H and O–H groups in total. The molecule has 0 unspecified atom stereocenters. The van der Waals surface area contributed by atoms with Gasteiger partial charge in [0.2, 0.25) is 0 Å². The van der Waals surface area contributed by atoms with Crippen molar-refractivity contribution in [1.82, 2.24) is 10.6 Å². The van der Waals surface area contributed by atoms with Crippen molar-refractivity contribution in [3.8, 4) is 0 Å². The Morgan fingerprint density at radius 1 is 1.33 bits per heavy atom. The van der Waals surface area contributed by atoms with E-state index in [4.69, 9.17) is 21.1 Å². The maximum atomic E-state index is 12.0. The van der Waals surface area contributed by atoms with Gasteiger partial charge < -0.3 is 25.4 Å². The first-order chi connectivity index (χ1) is 11.5. The molecule has 1 aromatic carbocycles. The van der Waals surface area contributed by atoms with Crippen LogP contribution in [0.25, 0.3) is 0 Å². The van der Waals surface area contributed by atoms with Gasteiger partial charge in [0.15, 0.2) is 0 Å². The largest absolute Gasteiger partial charge is 0.376 e. The van der Waals surface area contributed by atoms with Crippen molar-refractivity contribution >= 4 is 29.2 Å². The van der Waals surface area contributed by atoms with E-state index >= 15 is 0 Å². The van der Waals surface area contributed by atoms with Gasteiger partial charge in [-0.3, -0.25) is 4.79 Å². The van der Waals surface area contributed by atoms with E-state index in [1.165, 1.54) is 0 Å². The van der Waals surface area contributed by atoms with E-state index in [0.717, 1.165) is 0 Å². The van der Waals surface area contributed by atoms with E-state index < -0.39 is 6.03 Å². The molecular weight excluding hydrogens is 334 g/mol. The van der Waals surface area contributed by atoms with Crippen LogP contribution in [-0.4, -0.2) is 50.4 Å². The second-order valence-corrected chi connectivity index (χ2v) is 6.13. The topological polar surface area (TPSA) is 88.7 Å². The molecule has 1 aliphatic heterocycles. The highest BCUT2D eigenvalue weighted by atomic mass is 35.5. The van der Waals surface area contributed by atoms with Crippen LogP contribution in [0.1, 0.15) is 24.2 Å². The average molecular weight is 356 g/mol. The minimum absolute atomic E-state index is 0.0191. The van der Waals surface area contributed by atoms with E-state index in [1.54, 1.807) is 18.2 Å². The van der Waals surface area contributed by atoms with E-state index in [-0.39, 0.29) is 18.1 Å². The van der Waals surface area contributed by atoms with Crippen molar-refractivity contribution in [2.45, 2.75) is 26.0 Å². The fourth-order valence-corrected chi connectivity index (χ4v) is 2.30. The van der Waals surface area contributed by atoms with Crippen LogP contribution in [0, 0.1) is 0 Å². The van der Waals surface area contributed by atoms with Gasteiger partial charge in [-0.2, -0.15) is 0 Å². The van der Waals surface area contributed by atoms with Gasteiger partial charge in [-0.15, -0.1) is 0 Å². The lowest BCUT2D eigenvalue weighted by Gasteiger charge is -2.23. The van der Waals surface area contributed by atoms with E-state index in [9.17, 15) is 9.59 Å². The molecule has 0 radical (unpaired) electrons. The summed E-state index contributed by atoms with van der Waals surface area (Å²) in [6.45, 7) is 5.62. The maximum absolute atomic E-state index is 12.0. The third-order valence-corrected chi connectivity index (χ3v) is 3.60. The summed E-state index contributed by atoms with van der Waals surface area (Å²) >= 11 is 6.08. The fourth-order valence-electron chi connectivity index (χ4n) is 2.14. The molecule has 2 rings (SSSR count). The molecule has 8 heteroatoms. The molecule has 7 nitrogen and oxygen atoms in total. The van der Waals surface area contributed by atoms with Gasteiger partial charge in [0.05, 0.1) is 36.6 Å². The molecular formula is C16H22ClN3O4. The van der Waals surface area contributed by atoms with Crippen molar-refractivity contribution in [2.24, 2.45) is 0 Å². The Labute approximate surface area is 146 Å². The van der Waals surface area contributed by atoms with E-state index in [1.807, 2.05) is 13.8 Å². The summed E-state index contributed by atoms with van der Waals surface area (Å²) in [6, 6.07) is 4.32. The van der Waals surface area contributed by atoms with Crippen LogP contribution in [0.5, 0.6) is 0 Å². The summed E-state index contributed by atoms with van der Waals surface area (Å²) in [6.07, 6.45) is -0.164. The molecule has 0 aromatic heterocycles. The van der Waals surface area contributed by atoms with Crippen LogP contribution in [0.3, 0.4) is 0 Å². The normalized spacial score (nSPS) is 17.4. The first-order valence-electron chi connectivity index (χ1n) is 7.80. The van der Waals surface area contributed by atoms with Crippen molar-refractivity contribution in [1.29, 1.82) is 0 Å². The lowest BCUT2D eigenvalue weighted by atomic mass is 10.1. The molecule has 1 aliphatic rings. The highest BCUT2D eigenvalue weighted by molar-refractivity contribution is 6.33. The van der Waals surface area contributed by atoms with Crippen LogP contribution >= 0.6 is 11.6 Å². The van der Waals surface area contributed by atoms with Crippen LogP contribution < -0.4 is 16.0 Å². The van der Waals surface area contributed by atoms with Gasteiger partial charge >= 0.3 is 6.03 Å². The van der Waals surface area contributed by atoms with Crippen LogP contribution in [0.2, 0.25) is 5.02 Å². The standard InChI is InChI=1S/C16H22ClN3O4/c1-10(2)19-15(21)11-3-4-13(17)14(7-11)20-16(22)18-8-12-9-23-5-6-24-12/h3-4,7,10,12H,5-6,8-9H2,1-2H3,(H,19,21)(H2,18,20,22)/t12-/m0/s1. The predicted molar refractivity (Wildman–Crippen MR) is 91.6 cm³/mol. The number of rotatable bonds is 5. The average Bonchev–Trinajstić information content (AvgIpc) is 2.55. The Morgan fingerprint density at radius 2 is 2.12 bits per heavy atom. The maximum Gasteiger partial charge on any atom is 0.319 e. The molecule has 1 heterocycles. The number of hydrogen-bond donors (Lipinski definition) is 3. The second-order valence-electron chi connectivity index (χ2n) is 5.73. The highest BCUT2D eigenvalue weighted by Gasteiger charge is 2.16. The van der Waals surface area contributed by atoms with Gasteiger partial charge in [0.25, 0.3) is 5.91 Å². The SMILES string of the molecule is CC(C)NC(=O)c1ccc(Cl)c(NC(=O)NC[C@H]2COCCO2)c1. The van der Waals surface area contributed by atoms with Crippen molar-refractivity contribution < 1.29 is 19.1 Å². The summed E-state index contributed by atoms with van der Waals surface area (Å²) in [4.78, 5) is 24.0. The zero-order valence-electron chi connectivity index (χ0n) is 13.7. The molecule has 3 amide bonds. The number of nitrogens with one attached hydrogen (secondary N) is 3. The molecule has 0 saturated carbocycles. The first kappa shape index (κ1) is 18.5. The van der Waals surface area contributed by atoms with Gasteiger partial charge in [-0.05, 0) is 32.0 Å². The number of carbonyl (C=O) groups is 2. The molecule has 0 aliphatic carbocycles. The first-order valence-corrected chi connectivity index (χ1v) is 8.18. The smallest absolute Gasteiger partial charge is 0.319 e. The summed E-state index contributed by atoms with van der Waals surface area (Å²) in [5.41, 5.74) is 0.791. The van der Waals surface area contributed by atoms with Crippen molar-refractivity contribution in [2.75, 3.05) is 31.7 Å². The van der Waals surface area contributed by atoms with Crippen LogP contribution in [-0.2, 0) is 9.47 Å². The van der Waals surface area contributed by atoms with Crippen molar-refractivity contribution in [3.63, 3.8) is 0 Å². The molecule has 0 spiro atoms. The summed E-state index contributed by atoms with van der Waals surface area (Å²) < 4.78 is 10.7. The third-order valence-electron chi connectivity index (χ3n) is 3.27. The van der Waals surface area contributed by atoms with Crippen LogP contribution in [0.4, 0.5) is 10.5 Å². The number of ether oxygens (including phenoxy) is 2. The molecule has 132 valence electrons. The minimum atomic E-state index is -0.424. The number of halogens is 1. The Morgan fingerprint density at radius 3 is 2.79 bits per heavy atom. The molecule has 24 heavy (non-hydrogen) atoms. The number of hydrogen-bond acceptors (Lipinski definition) is 4. The molecule has 1 saturated heterocycles. The second kappa shape index (κ2) is 8.86. The molecule has 1 fully saturated rings. The lowest BCUT2D eigenvalue weighted by Crippen LogP contribution is -2.41. The van der Waals surface area contributed by atoms with Gasteiger partial charge in [-0.25, -0.2) is 4.79 Å². The number of carbonyl (C=O) groups excluding carboxylic acids is 2. The van der Waals surface area contributed by atoms with Gasteiger partial charge in [0, 0.05) is 18.2 Å². The Kier molecular flexibility index (Phi) is 6.84. The third kappa shape index (κ3) is 5.67. The number of anilines is 1. The monoisotopic (exact) mass is 355 g/mol. The Hall–Kier alpha value is -1.83. The highest BCUT2D eigenvalue weighted by Crippen LogP contribution is 2.23. The summed E-state index contributed by atoms with van der Waals surface area (Å²) in [7, 11) is 0. The fraction of sp³-hybridized carbons (Fsp3) is 0.500. The van der Waals surface area contributed by atoms with E-state index in [2.05, 4.69) is 16.0 Å². The zero-order chi connectivity index (χ0) is 17.5.